The van der Waals surface area contributed by atoms with Crippen molar-refractivity contribution in [2.24, 2.45) is 0 Å². The van der Waals surface area contributed by atoms with Crippen molar-refractivity contribution in [1.29, 1.82) is 0 Å². The van der Waals surface area contributed by atoms with Gasteiger partial charge in [0.05, 0.1) is 33.2 Å². The molecule has 0 aliphatic carbocycles. The van der Waals surface area contributed by atoms with Crippen LogP contribution in [0, 0.1) is 0 Å². The van der Waals surface area contributed by atoms with E-state index in [-0.39, 0.29) is 0 Å². The topological polar surface area (TPSA) is 48.5 Å². The molecule has 0 fully saturated rings. The first-order chi connectivity index (χ1) is 28.3. The van der Waals surface area contributed by atoms with E-state index in [1.807, 2.05) is 36.4 Å². The maximum absolute atomic E-state index is 5.22. The Hall–Kier alpha value is -7.63. The molecule has 0 radical (unpaired) electrons. The molecule has 0 spiro atoms. The first kappa shape index (κ1) is 31.7. The van der Waals surface area contributed by atoms with Crippen LogP contribution in [-0.4, -0.2) is 24.1 Å². The minimum absolute atomic E-state index is 0.539. The fourth-order valence-corrected chi connectivity index (χ4v) is 9.56. The molecule has 0 bridgehead atoms. The van der Waals surface area contributed by atoms with E-state index in [9.17, 15) is 0 Å². The van der Waals surface area contributed by atoms with Crippen molar-refractivity contribution >= 4 is 43.6 Å². The predicted octanol–water partition coefficient (Wildman–Crippen LogP) is 12.1. The number of nitrogens with zero attached hydrogens (tertiary/aromatic N) is 5. The van der Waals surface area contributed by atoms with Crippen molar-refractivity contribution in [1.82, 2.24) is 24.1 Å². The first-order valence-corrected chi connectivity index (χ1v) is 19.4. The van der Waals surface area contributed by atoms with Gasteiger partial charge < -0.3 is 4.57 Å². The fourth-order valence-electron chi connectivity index (χ4n) is 9.56. The molecule has 5 heteroatoms. The zero-order chi connectivity index (χ0) is 37.5. The summed E-state index contributed by atoms with van der Waals surface area (Å²) in [6.45, 7) is 0. The van der Waals surface area contributed by atoms with E-state index >= 15 is 0 Å². The lowest BCUT2D eigenvalue weighted by molar-refractivity contribution is 0.728. The van der Waals surface area contributed by atoms with Gasteiger partial charge in [-0.3, -0.25) is 4.57 Å². The van der Waals surface area contributed by atoms with Gasteiger partial charge in [-0.1, -0.05) is 182 Å². The van der Waals surface area contributed by atoms with Gasteiger partial charge >= 0.3 is 0 Å². The van der Waals surface area contributed by atoms with E-state index in [1.165, 1.54) is 49.7 Å². The summed E-state index contributed by atoms with van der Waals surface area (Å²) in [5.74, 6) is 1.84. The molecule has 3 aromatic heterocycles. The molecule has 11 aromatic rings. The zero-order valence-corrected chi connectivity index (χ0v) is 30.8. The quantitative estimate of drug-likeness (QED) is 0.177. The molecule has 57 heavy (non-hydrogen) atoms. The van der Waals surface area contributed by atoms with Gasteiger partial charge in [-0.2, -0.15) is 9.97 Å². The Morgan fingerprint density at radius 3 is 1.54 bits per heavy atom. The summed E-state index contributed by atoms with van der Waals surface area (Å²) in [6, 6.07) is 71.5. The zero-order valence-electron chi connectivity index (χ0n) is 30.8. The number of hydrogen-bond donors (Lipinski definition) is 0. The molecule has 4 heterocycles. The minimum atomic E-state index is -0.539. The molecule has 0 amide bonds. The van der Waals surface area contributed by atoms with E-state index in [0.29, 0.717) is 17.6 Å². The van der Waals surface area contributed by atoms with Crippen LogP contribution >= 0.6 is 0 Å². The lowest BCUT2D eigenvalue weighted by atomic mass is 9.63. The monoisotopic (exact) mass is 727 g/mol. The van der Waals surface area contributed by atoms with Crippen LogP contribution in [0.4, 0.5) is 0 Å². The molecule has 0 atom stereocenters. The maximum atomic E-state index is 5.22. The summed E-state index contributed by atoms with van der Waals surface area (Å²) in [4.78, 5) is 15.5. The Morgan fingerprint density at radius 1 is 0.351 bits per heavy atom. The third kappa shape index (κ3) is 4.42. The number of para-hydroxylation sites is 3. The molecule has 8 aromatic carbocycles. The largest absolute Gasteiger partial charge is 0.308 e. The predicted molar refractivity (Wildman–Crippen MR) is 231 cm³/mol. The molecule has 5 nitrogen and oxygen atoms in total. The number of benzene rings is 8. The molecular weight excluding hydrogens is 695 g/mol. The van der Waals surface area contributed by atoms with E-state index in [2.05, 4.69) is 173 Å². The van der Waals surface area contributed by atoms with Crippen LogP contribution in [-0.2, 0) is 5.41 Å². The second-order valence-electron chi connectivity index (χ2n) is 14.8. The highest BCUT2D eigenvalue weighted by Gasteiger charge is 2.45. The average Bonchev–Trinajstić information content (AvgIpc) is 3.82. The Labute approximate surface area is 328 Å². The highest BCUT2D eigenvalue weighted by Crippen LogP contribution is 2.55. The number of aromatic nitrogens is 5. The summed E-state index contributed by atoms with van der Waals surface area (Å²) in [5, 5.41) is 4.74. The summed E-state index contributed by atoms with van der Waals surface area (Å²) in [6.07, 6.45) is 0. The van der Waals surface area contributed by atoms with E-state index in [1.54, 1.807) is 0 Å². The Morgan fingerprint density at radius 2 is 0.877 bits per heavy atom. The van der Waals surface area contributed by atoms with E-state index in [0.717, 1.165) is 32.9 Å². The van der Waals surface area contributed by atoms with Crippen molar-refractivity contribution in [3.8, 4) is 34.4 Å². The van der Waals surface area contributed by atoms with Gasteiger partial charge in [0.25, 0.3) is 0 Å². The van der Waals surface area contributed by atoms with Crippen LogP contribution in [0.25, 0.3) is 78.0 Å². The van der Waals surface area contributed by atoms with Crippen molar-refractivity contribution in [2.45, 2.75) is 5.41 Å². The molecule has 1 aliphatic heterocycles. The van der Waals surface area contributed by atoms with Gasteiger partial charge in [0, 0.05) is 32.7 Å². The number of fused-ring (bicyclic) bond motifs is 9. The molecule has 266 valence electrons. The molecule has 0 saturated heterocycles. The van der Waals surface area contributed by atoms with Crippen molar-refractivity contribution < 1.29 is 0 Å². The molecule has 1 aliphatic rings. The number of hydrogen-bond acceptors (Lipinski definition) is 3. The maximum Gasteiger partial charge on any atom is 0.238 e. The third-order valence-electron chi connectivity index (χ3n) is 11.8. The normalized spacial score (nSPS) is 13.1. The second-order valence-corrected chi connectivity index (χ2v) is 14.8. The van der Waals surface area contributed by atoms with Crippen LogP contribution in [0.2, 0.25) is 0 Å². The lowest BCUT2D eigenvalue weighted by Gasteiger charge is -2.41. The van der Waals surface area contributed by atoms with Gasteiger partial charge in [-0.15, -0.1) is 0 Å². The smallest absolute Gasteiger partial charge is 0.238 e. The van der Waals surface area contributed by atoms with Gasteiger partial charge in [0.15, 0.2) is 11.6 Å². The van der Waals surface area contributed by atoms with Gasteiger partial charge in [0.1, 0.15) is 0 Å². The average molecular weight is 728 g/mol. The number of rotatable bonds is 5. The van der Waals surface area contributed by atoms with Crippen LogP contribution < -0.4 is 0 Å². The van der Waals surface area contributed by atoms with Crippen molar-refractivity contribution in [3.63, 3.8) is 0 Å². The molecular formula is C52H33N5. The SMILES string of the molecule is c1ccc(-c2nc(-c3ccccc3)nc(-n3c4ccccc4c4c3ccc3c5cccc6c5n(c34)-c3ccccc3C6(c3ccccc3)c3ccccc3)n2)cc1. The van der Waals surface area contributed by atoms with E-state index < -0.39 is 5.41 Å². The summed E-state index contributed by atoms with van der Waals surface area (Å²) in [7, 11) is 0. The second kappa shape index (κ2) is 12.2. The van der Waals surface area contributed by atoms with Crippen LogP contribution in [0.15, 0.2) is 200 Å². The van der Waals surface area contributed by atoms with Crippen LogP contribution in [0.5, 0.6) is 0 Å². The van der Waals surface area contributed by atoms with Crippen molar-refractivity contribution in [3.05, 3.63) is 222 Å². The Kier molecular flexibility index (Phi) is 6.78. The standard InChI is InChI=1S/C52H33N5/c1-5-18-34(19-6-1)49-53-50(35-20-7-2-8-21-35)55-51(54-49)56-43-30-15-13-26-40(43)46-45(56)33-32-39-38-27-17-29-42-47(38)57(48(39)46)44-31-16-14-28-41(44)52(42,36-22-9-3-10-23-36)37-24-11-4-12-25-37/h1-33H. The highest BCUT2D eigenvalue weighted by atomic mass is 15.2. The summed E-state index contributed by atoms with van der Waals surface area (Å²) in [5.41, 5.74) is 12.0. The highest BCUT2D eigenvalue weighted by molar-refractivity contribution is 6.26. The van der Waals surface area contributed by atoms with Gasteiger partial charge in [-0.05, 0) is 40.5 Å². The lowest BCUT2D eigenvalue weighted by Crippen LogP contribution is -2.35. The summed E-state index contributed by atoms with van der Waals surface area (Å²) >= 11 is 0. The van der Waals surface area contributed by atoms with E-state index in [4.69, 9.17) is 15.0 Å². The van der Waals surface area contributed by atoms with Crippen LogP contribution in [0.1, 0.15) is 22.3 Å². The molecule has 0 N–H and O–H groups in total. The van der Waals surface area contributed by atoms with Crippen molar-refractivity contribution in [2.75, 3.05) is 0 Å². The molecule has 12 rings (SSSR count). The Bertz CT molecular complexity index is 3230. The Balaban J connectivity index is 1.23. The first-order valence-electron chi connectivity index (χ1n) is 19.4. The fraction of sp³-hybridized carbons (Fsp3) is 0.0192. The molecule has 0 saturated carbocycles. The third-order valence-corrected chi connectivity index (χ3v) is 11.8. The summed E-state index contributed by atoms with van der Waals surface area (Å²) < 4.78 is 4.76. The molecule has 0 unspecified atom stereocenters. The van der Waals surface area contributed by atoms with Crippen LogP contribution in [0.3, 0.4) is 0 Å². The minimum Gasteiger partial charge on any atom is -0.308 e. The van der Waals surface area contributed by atoms with Gasteiger partial charge in [-0.25, -0.2) is 4.98 Å². The van der Waals surface area contributed by atoms with Gasteiger partial charge in [0.2, 0.25) is 5.95 Å².